The van der Waals surface area contributed by atoms with E-state index in [1.54, 1.807) is 0 Å². The molecular weight excluding hydrogens is 224 g/mol. The molecule has 4 unspecified atom stereocenters. The Balaban J connectivity index is 1.70. The van der Waals surface area contributed by atoms with E-state index in [0.717, 1.165) is 22.3 Å². The number of thioether (sulfide) groups is 1. The van der Waals surface area contributed by atoms with Crippen LogP contribution in [0.5, 0.6) is 0 Å². The molecular formula is C16H14S. The molecule has 0 aromatic heterocycles. The van der Waals surface area contributed by atoms with E-state index >= 15 is 0 Å². The molecule has 2 aromatic carbocycles. The number of rotatable bonds is 2. The average Bonchev–Trinajstić information content (AvgIpc) is 3.06. The predicted molar refractivity (Wildman–Crippen MR) is 73.5 cm³/mol. The fourth-order valence-electron chi connectivity index (χ4n) is 3.12. The summed E-state index contributed by atoms with van der Waals surface area (Å²) in [7, 11) is 0. The zero-order valence-corrected chi connectivity index (χ0v) is 10.3. The Bertz CT molecular complexity index is 470. The van der Waals surface area contributed by atoms with Crippen molar-refractivity contribution in [2.24, 2.45) is 0 Å². The minimum absolute atomic E-state index is 0.744. The van der Waals surface area contributed by atoms with Gasteiger partial charge in [-0.25, -0.2) is 0 Å². The molecule has 0 radical (unpaired) electrons. The van der Waals surface area contributed by atoms with Crippen molar-refractivity contribution in [1.29, 1.82) is 0 Å². The Kier molecular flexibility index (Phi) is 2.10. The van der Waals surface area contributed by atoms with Gasteiger partial charge in [0.2, 0.25) is 0 Å². The van der Waals surface area contributed by atoms with E-state index in [1.165, 1.54) is 11.1 Å². The van der Waals surface area contributed by atoms with Crippen LogP contribution < -0.4 is 0 Å². The second-order valence-corrected chi connectivity index (χ2v) is 6.30. The molecule has 17 heavy (non-hydrogen) atoms. The van der Waals surface area contributed by atoms with Crippen LogP contribution in [0.15, 0.2) is 60.7 Å². The van der Waals surface area contributed by atoms with Gasteiger partial charge in [-0.2, -0.15) is 11.8 Å². The van der Waals surface area contributed by atoms with Gasteiger partial charge in [0.25, 0.3) is 0 Å². The normalized spacial score (nSPS) is 33.6. The third kappa shape index (κ3) is 1.45. The molecule has 1 heterocycles. The summed E-state index contributed by atoms with van der Waals surface area (Å²) in [6, 6.07) is 22.0. The van der Waals surface area contributed by atoms with Gasteiger partial charge >= 0.3 is 0 Å². The molecule has 1 aliphatic heterocycles. The molecule has 0 bridgehead atoms. The van der Waals surface area contributed by atoms with Gasteiger partial charge in [-0.05, 0) is 11.1 Å². The van der Waals surface area contributed by atoms with Gasteiger partial charge in [0, 0.05) is 22.3 Å². The third-order valence-electron chi connectivity index (χ3n) is 4.03. The van der Waals surface area contributed by atoms with Gasteiger partial charge < -0.3 is 0 Å². The SMILES string of the molecule is c1ccc(C2C3SC3C2c2ccccc2)cc1. The van der Waals surface area contributed by atoms with Gasteiger partial charge in [-0.1, -0.05) is 60.7 Å². The molecule has 0 spiro atoms. The fraction of sp³-hybridized carbons (Fsp3) is 0.250. The summed E-state index contributed by atoms with van der Waals surface area (Å²) in [5, 5.41) is 1.78. The van der Waals surface area contributed by atoms with Gasteiger partial charge in [-0.3, -0.25) is 0 Å². The summed E-state index contributed by atoms with van der Waals surface area (Å²) >= 11 is 2.16. The van der Waals surface area contributed by atoms with Crippen LogP contribution in [0.25, 0.3) is 0 Å². The number of fused-ring (bicyclic) bond motifs is 1. The Morgan fingerprint density at radius 1 is 0.588 bits per heavy atom. The van der Waals surface area contributed by atoms with Gasteiger partial charge in [0.1, 0.15) is 0 Å². The molecule has 2 fully saturated rings. The van der Waals surface area contributed by atoms with Gasteiger partial charge in [0.05, 0.1) is 0 Å². The molecule has 0 amide bonds. The van der Waals surface area contributed by atoms with Gasteiger partial charge in [0.15, 0.2) is 0 Å². The highest BCUT2D eigenvalue weighted by Gasteiger charge is 2.63. The Morgan fingerprint density at radius 3 is 1.41 bits per heavy atom. The van der Waals surface area contributed by atoms with E-state index in [1.807, 2.05) is 0 Å². The lowest BCUT2D eigenvalue weighted by Gasteiger charge is -2.35. The second kappa shape index (κ2) is 3.64. The molecule has 0 N–H and O–H groups in total. The minimum Gasteiger partial charge on any atom is -0.151 e. The Hall–Kier alpha value is -1.21. The van der Waals surface area contributed by atoms with Gasteiger partial charge in [-0.15, -0.1) is 0 Å². The summed E-state index contributed by atoms with van der Waals surface area (Å²) in [6.07, 6.45) is 0. The summed E-state index contributed by atoms with van der Waals surface area (Å²) in [5.41, 5.74) is 3.04. The Labute approximate surface area is 106 Å². The molecule has 0 nitrogen and oxygen atoms in total. The molecule has 2 aromatic rings. The minimum atomic E-state index is 0.744. The summed E-state index contributed by atoms with van der Waals surface area (Å²) in [4.78, 5) is 0. The van der Waals surface area contributed by atoms with E-state index in [-0.39, 0.29) is 0 Å². The summed E-state index contributed by atoms with van der Waals surface area (Å²) in [6.45, 7) is 0. The first kappa shape index (κ1) is 9.78. The maximum atomic E-state index is 2.29. The maximum Gasteiger partial charge on any atom is 0.0251 e. The van der Waals surface area contributed by atoms with E-state index in [0.29, 0.717) is 0 Å². The number of benzene rings is 2. The highest BCUT2D eigenvalue weighted by Crippen LogP contribution is 2.71. The largest absolute Gasteiger partial charge is 0.151 e. The van der Waals surface area contributed by atoms with Crippen LogP contribution in [0.2, 0.25) is 0 Å². The standard InChI is InChI=1S/C16H14S/c1-3-7-11(8-4-1)13-14(16-15(13)17-16)12-9-5-2-6-10-12/h1-10,13-16H. The van der Waals surface area contributed by atoms with Crippen molar-refractivity contribution in [3.63, 3.8) is 0 Å². The van der Waals surface area contributed by atoms with Crippen LogP contribution in [-0.4, -0.2) is 10.5 Å². The van der Waals surface area contributed by atoms with E-state index < -0.39 is 0 Å². The highest BCUT2D eigenvalue weighted by atomic mass is 32.2. The zero-order valence-electron chi connectivity index (χ0n) is 9.49. The lowest BCUT2D eigenvalue weighted by Crippen LogP contribution is -2.32. The predicted octanol–water partition coefficient (Wildman–Crippen LogP) is 4.05. The van der Waals surface area contributed by atoms with Crippen LogP contribution in [0.1, 0.15) is 23.0 Å². The monoisotopic (exact) mass is 238 g/mol. The van der Waals surface area contributed by atoms with Crippen LogP contribution in [0.4, 0.5) is 0 Å². The van der Waals surface area contributed by atoms with Crippen LogP contribution in [0, 0.1) is 0 Å². The Morgan fingerprint density at radius 2 is 1.00 bits per heavy atom. The molecule has 1 heteroatoms. The van der Waals surface area contributed by atoms with Crippen LogP contribution in [0.3, 0.4) is 0 Å². The van der Waals surface area contributed by atoms with Crippen molar-refractivity contribution in [2.75, 3.05) is 0 Å². The fourth-order valence-corrected chi connectivity index (χ4v) is 4.72. The second-order valence-electron chi connectivity index (χ2n) is 4.94. The first-order valence-corrected chi connectivity index (χ1v) is 7.15. The smallest absolute Gasteiger partial charge is 0.0251 e. The lowest BCUT2D eigenvalue weighted by molar-refractivity contribution is 0.429. The number of hydrogen-bond donors (Lipinski definition) is 0. The molecule has 1 aliphatic carbocycles. The lowest BCUT2D eigenvalue weighted by atomic mass is 9.67. The molecule has 84 valence electrons. The quantitative estimate of drug-likeness (QED) is 0.711. The molecule has 4 rings (SSSR count). The van der Waals surface area contributed by atoms with E-state index in [9.17, 15) is 0 Å². The number of hydrogen-bond acceptors (Lipinski definition) is 1. The average molecular weight is 238 g/mol. The van der Waals surface area contributed by atoms with Crippen LogP contribution in [-0.2, 0) is 0 Å². The van der Waals surface area contributed by atoms with Crippen molar-refractivity contribution in [2.45, 2.75) is 22.3 Å². The maximum absolute atomic E-state index is 2.29. The summed E-state index contributed by atoms with van der Waals surface area (Å²) in [5.74, 6) is 1.49. The zero-order chi connectivity index (χ0) is 11.2. The third-order valence-corrected chi connectivity index (χ3v) is 5.51. The van der Waals surface area contributed by atoms with Crippen molar-refractivity contribution in [3.8, 4) is 0 Å². The molecule has 2 aliphatic rings. The van der Waals surface area contributed by atoms with Crippen molar-refractivity contribution in [1.82, 2.24) is 0 Å². The van der Waals surface area contributed by atoms with E-state index in [4.69, 9.17) is 0 Å². The first-order valence-electron chi connectivity index (χ1n) is 6.20. The highest BCUT2D eigenvalue weighted by molar-refractivity contribution is 8.08. The topological polar surface area (TPSA) is 0 Å². The first-order chi connectivity index (χ1) is 8.45. The van der Waals surface area contributed by atoms with Crippen molar-refractivity contribution in [3.05, 3.63) is 71.8 Å². The molecule has 4 atom stereocenters. The van der Waals surface area contributed by atoms with Crippen molar-refractivity contribution >= 4 is 11.8 Å². The molecule has 1 saturated heterocycles. The van der Waals surface area contributed by atoms with Crippen molar-refractivity contribution < 1.29 is 0 Å². The van der Waals surface area contributed by atoms with E-state index in [2.05, 4.69) is 72.4 Å². The molecule has 1 saturated carbocycles. The van der Waals surface area contributed by atoms with Crippen LogP contribution >= 0.6 is 11.8 Å². The summed E-state index contributed by atoms with van der Waals surface area (Å²) < 4.78 is 0.